The predicted octanol–water partition coefficient (Wildman–Crippen LogP) is 7.91. The summed E-state index contributed by atoms with van der Waals surface area (Å²) in [4.78, 5) is 20.1. The maximum atomic E-state index is 15.6. The molecule has 1 saturated heterocycles. The van der Waals surface area contributed by atoms with Crippen LogP contribution < -0.4 is 4.74 Å². The van der Waals surface area contributed by atoms with Crippen molar-refractivity contribution in [3.8, 4) is 17.1 Å². The van der Waals surface area contributed by atoms with Crippen LogP contribution in [0.25, 0.3) is 22.3 Å². The number of benzene rings is 3. The molecule has 7 nitrogen and oxygen atoms in total. The summed E-state index contributed by atoms with van der Waals surface area (Å²) in [7, 11) is 0. The molecule has 1 aliphatic heterocycles. The number of hydrogen-bond donors (Lipinski definition) is 1. The minimum absolute atomic E-state index is 0.0789. The van der Waals surface area contributed by atoms with Crippen molar-refractivity contribution in [3.63, 3.8) is 0 Å². The third-order valence-corrected chi connectivity index (χ3v) is 8.22. The molecule has 1 aliphatic rings. The first kappa shape index (κ1) is 31.4. The lowest BCUT2D eigenvalue weighted by atomic mass is 9.87. The van der Waals surface area contributed by atoms with Gasteiger partial charge in [0.05, 0.1) is 36.0 Å². The number of halogens is 6. The fourth-order valence-corrected chi connectivity index (χ4v) is 5.68. The van der Waals surface area contributed by atoms with E-state index < -0.39 is 59.0 Å². The van der Waals surface area contributed by atoms with Crippen molar-refractivity contribution >= 4 is 28.6 Å². The number of aromatic carboxylic acids is 1. The zero-order valence-corrected chi connectivity index (χ0v) is 25.1. The van der Waals surface area contributed by atoms with Crippen LogP contribution in [0, 0.1) is 34.5 Å². The fraction of sp³-hybridized carbons (Fsp3) is 0.242. The standard InChI is InChI=1S/C33H25ClF5N3O4/c1-33(2)15-45-14-28(33)42-27-9-18(32(43)44)8-25(39)30(27)41-29(42)10-17-7-24(38)20(12-23(17)37)26-6-5-21(35)31(40-26)46-13-16-3-4-19(34)11-22(16)36/h3-9,11-12,28H,10,13-15H2,1-2H3,(H,43,44). The van der Waals surface area contributed by atoms with E-state index in [-0.39, 0.29) is 62.9 Å². The molecule has 46 heavy (non-hydrogen) atoms. The Balaban J connectivity index is 1.35. The van der Waals surface area contributed by atoms with Gasteiger partial charge in [0.25, 0.3) is 5.88 Å². The summed E-state index contributed by atoms with van der Waals surface area (Å²) in [5, 5.41) is 9.69. The Labute approximate surface area is 264 Å². The second-order valence-corrected chi connectivity index (χ2v) is 12.1. The van der Waals surface area contributed by atoms with E-state index in [0.717, 1.165) is 36.4 Å². The highest BCUT2D eigenvalue weighted by Gasteiger charge is 2.39. The molecule has 3 heterocycles. The summed E-state index contributed by atoms with van der Waals surface area (Å²) < 4.78 is 87.6. The number of hydrogen-bond acceptors (Lipinski definition) is 5. The summed E-state index contributed by atoms with van der Waals surface area (Å²) in [6.45, 7) is 4.02. The second kappa shape index (κ2) is 12.0. The number of carboxylic acid groups (broad SMARTS) is 1. The van der Waals surface area contributed by atoms with E-state index in [1.165, 1.54) is 18.2 Å². The van der Waals surface area contributed by atoms with Crippen LogP contribution in [0.5, 0.6) is 5.88 Å². The molecule has 0 saturated carbocycles. The number of ether oxygens (including phenoxy) is 2. The first-order valence-electron chi connectivity index (χ1n) is 14.1. The third-order valence-electron chi connectivity index (χ3n) is 7.99. The number of nitrogens with zero attached hydrogens (tertiary/aromatic N) is 3. The molecule has 13 heteroatoms. The lowest BCUT2D eigenvalue weighted by Crippen LogP contribution is -2.27. The number of rotatable bonds is 8. The predicted molar refractivity (Wildman–Crippen MR) is 158 cm³/mol. The van der Waals surface area contributed by atoms with E-state index in [4.69, 9.17) is 21.1 Å². The molecule has 1 N–H and O–H groups in total. The van der Waals surface area contributed by atoms with Gasteiger partial charge in [0.1, 0.15) is 35.4 Å². The molecule has 0 amide bonds. The minimum atomic E-state index is -1.33. The second-order valence-electron chi connectivity index (χ2n) is 11.7. The molecular formula is C33H25ClF5N3O4. The van der Waals surface area contributed by atoms with E-state index in [2.05, 4.69) is 9.97 Å². The van der Waals surface area contributed by atoms with Crippen molar-refractivity contribution in [3.05, 3.63) is 111 Å². The molecule has 0 radical (unpaired) electrons. The SMILES string of the molecule is CC1(C)COCC1n1c(Cc2cc(F)c(-c3ccc(F)c(OCc4ccc(Cl)cc4F)n3)cc2F)nc2c(F)cc(C(=O)O)cc21. The van der Waals surface area contributed by atoms with E-state index in [1.807, 2.05) is 13.8 Å². The van der Waals surface area contributed by atoms with Crippen molar-refractivity contribution in [1.29, 1.82) is 0 Å². The van der Waals surface area contributed by atoms with Gasteiger partial charge in [-0.2, -0.15) is 0 Å². The summed E-state index contributed by atoms with van der Waals surface area (Å²) in [6.07, 6.45) is -0.274. The van der Waals surface area contributed by atoms with Crippen LogP contribution >= 0.6 is 11.6 Å². The molecule has 0 spiro atoms. The average molecular weight is 658 g/mol. The number of pyridine rings is 1. The minimum Gasteiger partial charge on any atom is -0.478 e. The summed E-state index contributed by atoms with van der Waals surface area (Å²) in [5.74, 6) is -5.88. The summed E-state index contributed by atoms with van der Waals surface area (Å²) in [5.41, 5.74) is -1.16. The fourth-order valence-electron chi connectivity index (χ4n) is 5.53. The van der Waals surface area contributed by atoms with Gasteiger partial charge in [-0.15, -0.1) is 0 Å². The first-order valence-corrected chi connectivity index (χ1v) is 14.4. The van der Waals surface area contributed by atoms with Crippen LogP contribution in [-0.4, -0.2) is 38.8 Å². The van der Waals surface area contributed by atoms with Crippen molar-refractivity contribution in [2.45, 2.75) is 32.9 Å². The quantitative estimate of drug-likeness (QED) is 0.171. The molecule has 1 unspecified atom stereocenters. The highest BCUT2D eigenvalue weighted by molar-refractivity contribution is 6.30. The van der Waals surface area contributed by atoms with Crippen LogP contribution in [0.15, 0.2) is 54.6 Å². The van der Waals surface area contributed by atoms with Crippen LogP contribution in [0.1, 0.15) is 47.2 Å². The maximum Gasteiger partial charge on any atom is 0.335 e. The Bertz CT molecular complexity index is 2020. The average Bonchev–Trinajstić information content (AvgIpc) is 3.53. The van der Waals surface area contributed by atoms with E-state index >= 15 is 13.2 Å². The monoisotopic (exact) mass is 657 g/mol. The topological polar surface area (TPSA) is 86.5 Å². The molecule has 0 aliphatic carbocycles. The first-order chi connectivity index (χ1) is 21.8. The molecule has 2 aromatic heterocycles. The molecular weight excluding hydrogens is 633 g/mol. The van der Waals surface area contributed by atoms with Gasteiger partial charge in [0, 0.05) is 28.0 Å². The zero-order valence-electron chi connectivity index (χ0n) is 24.4. The molecule has 6 rings (SSSR count). The molecule has 5 aromatic rings. The summed E-state index contributed by atoms with van der Waals surface area (Å²) >= 11 is 5.76. The molecule has 1 atom stereocenters. The van der Waals surface area contributed by atoms with Crippen LogP contribution in [-0.2, 0) is 17.8 Å². The van der Waals surface area contributed by atoms with Crippen LogP contribution in [0.4, 0.5) is 22.0 Å². The molecule has 1 fully saturated rings. The Hall–Kier alpha value is -4.55. The molecule has 3 aromatic carbocycles. The van der Waals surface area contributed by atoms with Crippen molar-refractivity contribution in [2.24, 2.45) is 5.41 Å². The van der Waals surface area contributed by atoms with Gasteiger partial charge in [0.2, 0.25) is 0 Å². The molecule has 0 bridgehead atoms. The maximum absolute atomic E-state index is 15.6. The Morgan fingerprint density at radius 2 is 1.72 bits per heavy atom. The Morgan fingerprint density at radius 3 is 2.41 bits per heavy atom. The Morgan fingerprint density at radius 1 is 0.957 bits per heavy atom. The van der Waals surface area contributed by atoms with Gasteiger partial charge in [-0.25, -0.2) is 36.7 Å². The lowest BCUT2D eigenvalue weighted by Gasteiger charge is -2.28. The van der Waals surface area contributed by atoms with E-state index in [1.54, 1.807) is 4.57 Å². The highest BCUT2D eigenvalue weighted by atomic mass is 35.5. The number of aromatic nitrogens is 3. The van der Waals surface area contributed by atoms with E-state index in [0.29, 0.717) is 6.61 Å². The smallest absolute Gasteiger partial charge is 0.335 e. The lowest BCUT2D eigenvalue weighted by molar-refractivity contribution is 0.0696. The third kappa shape index (κ3) is 5.90. The largest absolute Gasteiger partial charge is 0.478 e. The van der Waals surface area contributed by atoms with Gasteiger partial charge in [0.15, 0.2) is 11.6 Å². The normalized spacial score (nSPS) is 15.9. The number of fused-ring (bicyclic) bond motifs is 1. The number of carbonyl (C=O) groups is 1. The van der Waals surface area contributed by atoms with Crippen LogP contribution in [0.2, 0.25) is 5.02 Å². The number of imidazole rings is 1. The van der Waals surface area contributed by atoms with Crippen molar-refractivity contribution in [1.82, 2.24) is 14.5 Å². The van der Waals surface area contributed by atoms with Gasteiger partial charge >= 0.3 is 5.97 Å². The number of carboxylic acids is 1. The van der Waals surface area contributed by atoms with Crippen LogP contribution in [0.3, 0.4) is 0 Å². The molecule has 238 valence electrons. The van der Waals surface area contributed by atoms with Gasteiger partial charge < -0.3 is 19.1 Å². The highest BCUT2D eigenvalue weighted by Crippen LogP contribution is 2.41. The van der Waals surface area contributed by atoms with Crippen molar-refractivity contribution in [2.75, 3.05) is 13.2 Å². The summed E-state index contributed by atoms with van der Waals surface area (Å²) in [6, 6.07) is 9.57. The zero-order chi connectivity index (χ0) is 32.9. The van der Waals surface area contributed by atoms with Gasteiger partial charge in [-0.1, -0.05) is 31.5 Å². The van der Waals surface area contributed by atoms with E-state index in [9.17, 15) is 18.7 Å². The van der Waals surface area contributed by atoms with Gasteiger partial charge in [-0.3, -0.25) is 0 Å². The van der Waals surface area contributed by atoms with Crippen molar-refractivity contribution < 1.29 is 41.3 Å². The Kier molecular flexibility index (Phi) is 8.20. The van der Waals surface area contributed by atoms with Gasteiger partial charge in [-0.05, 0) is 54.1 Å².